The molecule has 5 heteroatoms. The normalized spacial score (nSPS) is 20.6. The van der Waals surface area contributed by atoms with Gasteiger partial charge in [0.25, 0.3) is 0 Å². The second-order valence-corrected chi connectivity index (χ2v) is 6.90. The summed E-state index contributed by atoms with van der Waals surface area (Å²) in [4.78, 5) is 6.60. The standard InChI is InChI=1S/C17H33N3O.HI/c1-4-17(9-5-6-10-17)14-19-16(18-2)20(3)11-12-21-13-15-7-8-15;/h15H,4-14H2,1-3H3,(H,18,19);1H. The van der Waals surface area contributed by atoms with Gasteiger partial charge >= 0.3 is 0 Å². The summed E-state index contributed by atoms with van der Waals surface area (Å²) in [5.41, 5.74) is 0.499. The fourth-order valence-electron chi connectivity index (χ4n) is 3.27. The lowest BCUT2D eigenvalue weighted by molar-refractivity contribution is 0.115. The van der Waals surface area contributed by atoms with Gasteiger partial charge < -0.3 is 15.0 Å². The average molecular weight is 423 g/mol. The molecule has 2 rings (SSSR count). The second-order valence-electron chi connectivity index (χ2n) is 6.90. The third-order valence-electron chi connectivity index (χ3n) is 5.23. The molecule has 0 saturated heterocycles. The van der Waals surface area contributed by atoms with Crippen LogP contribution in [0, 0.1) is 11.3 Å². The number of likely N-dealkylation sites (N-methyl/N-ethyl adjacent to an activating group) is 1. The van der Waals surface area contributed by atoms with Crippen molar-refractivity contribution in [2.24, 2.45) is 16.3 Å². The van der Waals surface area contributed by atoms with Crippen molar-refractivity contribution in [1.82, 2.24) is 10.2 Å². The van der Waals surface area contributed by atoms with Gasteiger partial charge in [-0.05, 0) is 43.4 Å². The van der Waals surface area contributed by atoms with Crippen molar-refractivity contribution in [1.29, 1.82) is 0 Å². The van der Waals surface area contributed by atoms with Crippen LogP contribution in [0.3, 0.4) is 0 Å². The molecule has 0 radical (unpaired) electrons. The van der Waals surface area contributed by atoms with Crippen LogP contribution < -0.4 is 5.32 Å². The van der Waals surface area contributed by atoms with E-state index >= 15 is 0 Å². The predicted molar refractivity (Wildman–Crippen MR) is 104 cm³/mol. The quantitative estimate of drug-likeness (QED) is 0.281. The van der Waals surface area contributed by atoms with Crippen molar-refractivity contribution in [3.05, 3.63) is 0 Å². The molecule has 0 spiro atoms. The molecule has 22 heavy (non-hydrogen) atoms. The first-order chi connectivity index (χ1) is 10.2. The SMILES string of the molecule is CCC1(CNC(=NC)N(C)CCOCC2CC2)CCCC1.I. The Bertz CT molecular complexity index is 339. The van der Waals surface area contributed by atoms with Gasteiger partial charge in [0.15, 0.2) is 5.96 Å². The van der Waals surface area contributed by atoms with Crippen LogP contribution in [0.15, 0.2) is 4.99 Å². The van der Waals surface area contributed by atoms with Crippen molar-refractivity contribution < 1.29 is 4.74 Å². The monoisotopic (exact) mass is 423 g/mol. The van der Waals surface area contributed by atoms with Gasteiger partial charge in [0, 0.05) is 33.8 Å². The molecular formula is C17H34IN3O. The van der Waals surface area contributed by atoms with E-state index in [0.29, 0.717) is 5.41 Å². The Kier molecular flexibility index (Phi) is 9.05. The zero-order valence-electron chi connectivity index (χ0n) is 14.6. The Morgan fingerprint density at radius 3 is 2.55 bits per heavy atom. The summed E-state index contributed by atoms with van der Waals surface area (Å²) in [6.07, 6.45) is 9.49. The molecule has 2 aliphatic carbocycles. The van der Waals surface area contributed by atoms with Crippen molar-refractivity contribution in [2.45, 2.75) is 51.9 Å². The first kappa shape index (κ1) is 20.0. The van der Waals surface area contributed by atoms with Crippen LogP contribution >= 0.6 is 24.0 Å². The highest BCUT2D eigenvalue weighted by Crippen LogP contribution is 2.40. The fraction of sp³-hybridized carbons (Fsp3) is 0.941. The highest BCUT2D eigenvalue weighted by atomic mass is 127. The highest BCUT2D eigenvalue weighted by molar-refractivity contribution is 14.0. The number of hydrogen-bond donors (Lipinski definition) is 1. The van der Waals surface area contributed by atoms with Crippen LogP contribution in [0.2, 0.25) is 0 Å². The lowest BCUT2D eigenvalue weighted by Gasteiger charge is -2.30. The third-order valence-corrected chi connectivity index (χ3v) is 5.23. The maximum Gasteiger partial charge on any atom is 0.193 e. The lowest BCUT2D eigenvalue weighted by atomic mass is 9.83. The maximum absolute atomic E-state index is 5.72. The third kappa shape index (κ3) is 6.22. The van der Waals surface area contributed by atoms with Gasteiger partial charge in [-0.2, -0.15) is 0 Å². The summed E-state index contributed by atoms with van der Waals surface area (Å²) in [7, 11) is 3.97. The molecule has 130 valence electrons. The summed E-state index contributed by atoms with van der Waals surface area (Å²) in [6.45, 7) is 6.03. The topological polar surface area (TPSA) is 36.9 Å². The molecule has 2 fully saturated rings. The van der Waals surface area contributed by atoms with E-state index in [4.69, 9.17) is 4.74 Å². The molecule has 0 amide bonds. The van der Waals surface area contributed by atoms with Crippen LogP contribution in [-0.4, -0.2) is 51.3 Å². The van der Waals surface area contributed by atoms with Crippen LogP contribution in [0.1, 0.15) is 51.9 Å². The Morgan fingerprint density at radius 2 is 2.00 bits per heavy atom. The molecule has 0 heterocycles. The van der Waals surface area contributed by atoms with Gasteiger partial charge in [-0.1, -0.05) is 19.8 Å². The number of hydrogen-bond acceptors (Lipinski definition) is 2. The van der Waals surface area contributed by atoms with E-state index < -0.39 is 0 Å². The minimum absolute atomic E-state index is 0. The fourth-order valence-corrected chi connectivity index (χ4v) is 3.27. The number of aliphatic imine (C=N–C) groups is 1. The van der Waals surface area contributed by atoms with E-state index in [1.54, 1.807) is 0 Å². The molecule has 2 aliphatic rings. The molecular weight excluding hydrogens is 389 g/mol. The van der Waals surface area contributed by atoms with E-state index in [9.17, 15) is 0 Å². The van der Waals surface area contributed by atoms with Gasteiger partial charge in [0.2, 0.25) is 0 Å². The molecule has 2 saturated carbocycles. The van der Waals surface area contributed by atoms with Crippen molar-refractivity contribution >= 4 is 29.9 Å². The van der Waals surface area contributed by atoms with Crippen LogP contribution in [0.25, 0.3) is 0 Å². The van der Waals surface area contributed by atoms with Gasteiger partial charge in [0.1, 0.15) is 0 Å². The summed E-state index contributed by atoms with van der Waals surface area (Å²) in [6, 6.07) is 0. The van der Waals surface area contributed by atoms with Gasteiger partial charge in [-0.3, -0.25) is 4.99 Å². The Labute approximate surface area is 153 Å². The molecule has 0 atom stereocenters. The van der Waals surface area contributed by atoms with Crippen molar-refractivity contribution in [2.75, 3.05) is 40.4 Å². The smallest absolute Gasteiger partial charge is 0.193 e. The summed E-state index contributed by atoms with van der Waals surface area (Å²) < 4.78 is 5.72. The lowest BCUT2D eigenvalue weighted by Crippen LogP contribution is -2.44. The zero-order valence-corrected chi connectivity index (χ0v) is 16.9. The molecule has 0 aromatic heterocycles. The Morgan fingerprint density at radius 1 is 1.32 bits per heavy atom. The molecule has 0 bridgehead atoms. The minimum Gasteiger partial charge on any atom is -0.379 e. The van der Waals surface area contributed by atoms with Crippen molar-refractivity contribution in [3.63, 3.8) is 0 Å². The van der Waals surface area contributed by atoms with Gasteiger partial charge in [-0.15, -0.1) is 24.0 Å². The van der Waals surface area contributed by atoms with Gasteiger partial charge in [-0.25, -0.2) is 0 Å². The largest absolute Gasteiger partial charge is 0.379 e. The van der Waals surface area contributed by atoms with E-state index in [1.807, 2.05) is 7.05 Å². The average Bonchev–Trinajstić information content (AvgIpc) is 3.21. The molecule has 0 aliphatic heterocycles. The Hall–Kier alpha value is -0.0400. The molecule has 4 nitrogen and oxygen atoms in total. The second kappa shape index (κ2) is 9.96. The first-order valence-electron chi connectivity index (χ1n) is 8.68. The van der Waals surface area contributed by atoms with Crippen LogP contribution in [-0.2, 0) is 4.74 Å². The number of guanidine groups is 1. The highest BCUT2D eigenvalue weighted by Gasteiger charge is 2.32. The van der Waals surface area contributed by atoms with Gasteiger partial charge in [0.05, 0.1) is 6.61 Å². The Balaban J connectivity index is 0.00000242. The van der Waals surface area contributed by atoms with Crippen molar-refractivity contribution in [3.8, 4) is 0 Å². The summed E-state index contributed by atoms with van der Waals surface area (Å²) >= 11 is 0. The number of rotatable bonds is 8. The van der Waals surface area contributed by atoms with E-state index in [0.717, 1.165) is 38.2 Å². The molecule has 0 aromatic carbocycles. The summed E-state index contributed by atoms with van der Waals surface area (Å²) in [5.74, 6) is 1.85. The molecule has 0 aromatic rings. The first-order valence-corrected chi connectivity index (χ1v) is 8.68. The number of nitrogens with zero attached hydrogens (tertiary/aromatic N) is 2. The number of nitrogens with one attached hydrogen (secondary N) is 1. The zero-order chi connectivity index (χ0) is 15.1. The van der Waals surface area contributed by atoms with E-state index in [1.165, 1.54) is 44.9 Å². The predicted octanol–water partition coefficient (Wildman–Crippen LogP) is 3.51. The van der Waals surface area contributed by atoms with Crippen LogP contribution in [0.4, 0.5) is 0 Å². The van der Waals surface area contributed by atoms with E-state index in [2.05, 4.69) is 29.2 Å². The van der Waals surface area contributed by atoms with Crippen LogP contribution in [0.5, 0.6) is 0 Å². The summed E-state index contributed by atoms with van der Waals surface area (Å²) in [5, 5.41) is 3.59. The minimum atomic E-state index is 0. The molecule has 0 unspecified atom stereocenters. The molecule has 1 N–H and O–H groups in total. The number of halogens is 1. The van der Waals surface area contributed by atoms with E-state index in [-0.39, 0.29) is 24.0 Å². The number of ether oxygens (including phenoxy) is 1. The maximum atomic E-state index is 5.72.